The molecule has 0 aliphatic heterocycles. The van der Waals surface area contributed by atoms with Gasteiger partial charge >= 0.3 is 0 Å². The van der Waals surface area contributed by atoms with Crippen LogP contribution in [0.3, 0.4) is 0 Å². The molecule has 1 aliphatic rings. The van der Waals surface area contributed by atoms with Crippen molar-refractivity contribution in [2.75, 3.05) is 0 Å². The summed E-state index contributed by atoms with van der Waals surface area (Å²) < 4.78 is 3.18. The van der Waals surface area contributed by atoms with Crippen LogP contribution in [0, 0.1) is 0 Å². The lowest BCUT2D eigenvalue weighted by Crippen LogP contribution is -2.18. The Kier molecular flexibility index (Phi) is 2.07. The van der Waals surface area contributed by atoms with Gasteiger partial charge in [-0.15, -0.1) is 0 Å². The number of nitrogens with two attached hydrogens (primary N) is 1. The fraction of sp³-hybridized carbons (Fsp3) is 0.364. The number of nitrogens with zero attached hydrogens (tertiary/aromatic N) is 2. The minimum Gasteiger partial charge on any atom is -0.323 e. The van der Waals surface area contributed by atoms with E-state index in [1.807, 2.05) is 18.3 Å². The Morgan fingerprint density at radius 1 is 1.47 bits per heavy atom. The van der Waals surface area contributed by atoms with E-state index in [4.69, 9.17) is 5.73 Å². The van der Waals surface area contributed by atoms with Crippen LogP contribution in [0.15, 0.2) is 22.8 Å². The summed E-state index contributed by atoms with van der Waals surface area (Å²) in [6, 6.07) is 4.17. The standard InChI is InChI=1S/C11H12BrN3/c12-7-4-5-10-14-9-3-1-2-8(13)11(9)15(10)6-7/h4-6,8H,1-3,13H2. The Labute approximate surface area is 96.4 Å². The van der Waals surface area contributed by atoms with E-state index in [1.54, 1.807) is 0 Å². The molecule has 4 heteroatoms. The van der Waals surface area contributed by atoms with Gasteiger partial charge in [0.05, 0.1) is 11.4 Å². The van der Waals surface area contributed by atoms with Crippen LogP contribution in [0.25, 0.3) is 5.65 Å². The fourth-order valence-electron chi connectivity index (χ4n) is 2.29. The van der Waals surface area contributed by atoms with E-state index >= 15 is 0 Å². The van der Waals surface area contributed by atoms with Crippen molar-refractivity contribution in [1.82, 2.24) is 9.38 Å². The minimum absolute atomic E-state index is 0.137. The van der Waals surface area contributed by atoms with E-state index in [0.29, 0.717) is 0 Å². The number of hydrogen-bond acceptors (Lipinski definition) is 2. The van der Waals surface area contributed by atoms with Gasteiger partial charge in [-0.2, -0.15) is 0 Å². The van der Waals surface area contributed by atoms with E-state index in [1.165, 1.54) is 11.4 Å². The Hall–Kier alpha value is -0.870. The van der Waals surface area contributed by atoms with Crippen LogP contribution in [-0.2, 0) is 6.42 Å². The molecule has 0 saturated heterocycles. The highest BCUT2D eigenvalue weighted by Crippen LogP contribution is 2.29. The predicted molar refractivity (Wildman–Crippen MR) is 62.8 cm³/mol. The maximum Gasteiger partial charge on any atom is 0.137 e. The average Bonchev–Trinajstić information content (AvgIpc) is 2.57. The van der Waals surface area contributed by atoms with Crippen LogP contribution in [-0.4, -0.2) is 9.38 Å². The van der Waals surface area contributed by atoms with Crippen LogP contribution in [0.1, 0.15) is 30.3 Å². The van der Waals surface area contributed by atoms with Crippen LogP contribution in [0.2, 0.25) is 0 Å². The third-order valence-corrected chi connectivity index (χ3v) is 3.44. The Bertz CT molecular complexity index is 518. The third-order valence-electron chi connectivity index (χ3n) is 2.98. The second kappa shape index (κ2) is 3.32. The lowest BCUT2D eigenvalue weighted by Gasteiger charge is -2.18. The summed E-state index contributed by atoms with van der Waals surface area (Å²) in [7, 11) is 0. The van der Waals surface area contributed by atoms with E-state index in [9.17, 15) is 0 Å². The molecule has 1 unspecified atom stereocenters. The van der Waals surface area contributed by atoms with Gasteiger partial charge in [0, 0.05) is 16.7 Å². The molecule has 0 fully saturated rings. The Morgan fingerprint density at radius 2 is 2.33 bits per heavy atom. The highest BCUT2D eigenvalue weighted by Gasteiger charge is 2.22. The quantitative estimate of drug-likeness (QED) is 0.795. The second-order valence-corrected chi connectivity index (χ2v) is 4.93. The highest BCUT2D eigenvalue weighted by molar-refractivity contribution is 9.10. The number of imidazole rings is 1. The first-order valence-corrected chi connectivity index (χ1v) is 5.97. The van der Waals surface area contributed by atoms with Gasteiger partial charge in [0.2, 0.25) is 0 Å². The molecular weight excluding hydrogens is 254 g/mol. The molecule has 3 nitrogen and oxygen atoms in total. The lowest BCUT2D eigenvalue weighted by molar-refractivity contribution is 0.549. The SMILES string of the molecule is NC1CCCc2nc3ccc(Br)cn3c21. The van der Waals surface area contributed by atoms with Crippen molar-refractivity contribution in [2.24, 2.45) is 5.73 Å². The number of hydrogen-bond donors (Lipinski definition) is 1. The molecule has 0 saturated carbocycles. The molecule has 0 radical (unpaired) electrons. The van der Waals surface area contributed by atoms with E-state index in [2.05, 4.69) is 25.3 Å². The van der Waals surface area contributed by atoms with Crippen molar-refractivity contribution >= 4 is 21.6 Å². The molecule has 0 aromatic carbocycles. The van der Waals surface area contributed by atoms with Gasteiger partial charge in [0.15, 0.2) is 0 Å². The summed E-state index contributed by atoms with van der Waals surface area (Å²) in [5.74, 6) is 0. The van der Waals surface area contributed by atoms with Crippen molar-refractivity contribution in [3.8, 4) is 0 Å². The number of aromatic nitrogens is 2. The van der Waals surface area contributed by atoms with Crippen molar-refractivity contribution < 1.29 is 0 Å². The van der Waals surface area contributed by atoms with Gasteiger partial charge in [-0.1, -0.05) is 0 Å². The number of aryl methyl sites for hydroxylation is 1. The molecule has 0 bridgehead atoms. The van der Waals surface area contributed by atoms with Crippen LogP contribution >= 0.6 is 15.9 Å². The van der Waals surface area contributed by atoms with Crippen LogP contribution in [0.5, 0.6) is 0 Å². The first kappa shape index (κ1) is 9.36. The maximum atomic E-state index is 6.13. The normalized spacial score (nSPS) is 20.5. The zero-order chi connectivity index (χ0) is 10.4. The predicted octanol–water partition coefficient (Wildman–Crippen LogP) is 2.43. The monoisotopic (exact) mass is 265 g/mol. The van der Waals surface area contributed by atoms with E-state index < -0.39 is 0 Å². The molecule has 78 valence electrons. The number of rotatable bonds is 0. The number of halogens is 1. The highest BCUT2D eigenvalue weighted by atomic mass is 79.9. The first-order chi connectivity index (χ1) is 7.25. The van der Waals surface area contributed by atoms with Crippen molar-refractivity contribution in [3.63, 3.8) is 0 Å². The minimum atomic E-state index is 0.137. The molecular formula is C11H12BrN3. The largest absolute Gasteiger partial charge is 0.323 e. The van der Waals surface area contributed by atoms with E-state index in [0.717, 1.165) is 29.4 Å². The zero-order valence-corrected chi connectivity index (χ0v) is 9.87. The van der Waals surface area contributed by atoms with Gasteiger partial charge in [0.1, 0.15) is 5.65 Å². The summed E-state index contributed by atoms with van der Waals surface area (Å²) in [6.07, 6.45) is 5.32. The van der Waals surface area contributed by atoms with Crippen molar-refractivity contribution in [1.29, 1.82) is 0 Å². The van der Waals surface area contributed by atoms with Gasteiger partial charge in [-0.05, 0) is 47.3 Å². The summed E-state index contributed by atoms with van der Waals surface area (Å²) in [6.45, 7) is 0. The topological polar surface area (TPSA) is 43.3 Å². The molecule has 0 spiro atoms. The van der Waals surface area contributed by atoms with Crippen molar-refractivity contribution in [2.45, 2.75) is 25.3 Å². The molecule has 1 atom stereocenters. The van der Waals surface area contributed by atoms with Gasteiger partial charge in [-0.25, -0.2) is 4.98 Å². The molecule has 2 heterocycles. The van der Waals surface area contributed by atoms with Crippen LogP contribution in [0.4, 0.5) is 0 Å². The Balaban J connectivity index is 2.33. The van der Waals surface area contributed by atoms with Crippen molar-refractivity contribution in [3.05, 3.63) is 34.2 Å². The van der Waals surface area contributed by atoms with Gasteiger partial charge in [0.25, 0.3) is 0 Å². The molecule has 15 heavy (non-hydrogen) atoms. The first-order valence-electron chi connectivity index (χ1n) is 5.17. The lowest BCUT2D eigenvalue weighted by atomic mass is 9.97. The average molecular weight is 266 g/mol. The maximum absolute atomic E-state index is 6.13. The molecule has 2 aromatic rings. The third kappa shape index (κ3) is 1.40. The summed E-state index contributed by atoms with van der Waals surface area (Å²) in [5.41, 5.74) is 9.50. The summed E-state index contributed by atoms with van der Waals surface area (Å²) in [5, 5.41) is 0. The van der Waals surface area contributed by atoms with E-state index in [-0.39, 0.29) is 6.04 Å². The number of fused-ring (bicyclic) bond motifs is 3. The van der Waals surface area contributed by atoms with Crippen LogP contribution < -0.4 is 5.73 Å². The fourth-order valence-corrected chi connectivity index (χ4v) is 2.63. The molecule has 1 aliphatic carbocycles. The molecule has 2 N–H and O–H groups in total. The second-order valence-electron chi connectivity index (χ2n) is 4.02. The van der Waals surface area contributed by atoms with Gasteiger partial charge in [-0.3, -0.25) is 0 Å². The molecule has 2 aromatic heterocycles. The smallest absolute Gasteiger partial charge is 0.137 e. The summed E-state index contributed by atoms with van der Waals surface area (Å²) >= 11 is 3.48. The zero-order valence-electron chi connectivity index (χ0n) is 8.28. The Morgan fingerprint density at radius 3 is 3.20 bits per heavy atom. The van der Waals surface area contributed by atoms with Gasteiger partial charge < -0.3 is 10.1 Å². The number of pyridine rings is 1. The summed E-state index contributed by atoms with van der Waals surface area (Å²) in [4.78, 5) is 4.61. The molecule has 3 rings (SSSR count). The molecule has 0 amide bonds.